The standard InChI is InChI=1S/C46H34N2S.C2H6/c1-49(2)41-22-10-9-21-39(41)43-42(49)28-27-40-44(43)45(48-46(47-40)34-15-7-4-8-16-34)38-20-12-19-37(30-38)36-18-11-17-35(29-36)33-25-23-32(24-26-33)31-13-5-3-6-14-31;1-2/h3-30H,1-2H3;1-2H3. The molecule has 1 aromatic heterocycles. The van der Waals surface area contributed by atoms with Crippen molar-refractivity contribution in [2.45, 2.75) is 23.6 Å². The maximum atomic E-state index is 5.37. The summed E-state index contributed by atoms with van der Waals surface area (Å²) in [6, 6.07) is 60.9. The summed E-state index contributed by atoms with van der Waals surface area (Å²) >= 11 is 0. The molecule has 0 fully saturated rings. The Morgan fingerprint density at radius 2 is 0.882 bits per heavy atom. The van der Waals surface area contributed by atoms with Gasteiger partial charge in [0.15, 0.2) is 5.82 Å². The lowest BCUT2D eigenvalue weighted by Gasteiger charge is -2.28. The van der Waals surface area contributed by atoms with Crippen LogP contribution in [0, 0.1) is 0 Å². The molecular weight excluding hydrogens is 637 g/mol. The van der Waals surface area contributed by atoms with Gasteiger partial charge in [0.05, 0.1) is 11.2 Å². The molecular formula is C48H40N2S. The van der Waals surface area contributed by atoms with Gasteiger partial charge < -0.3 is 0 Å². The third-order valence-electron chi connectivity index (χ3n) is 9.77. The van der Waals surface area contributed by atoms with Gasteiger partial charge in [0, 0.05) is 31.9 Å². The van der Waals surface area contributed by atoms with E-state index in [1.807, 2.05) is 19.9 Å². The van der Waals surface area contributed by atoms with Crippen molar-refractivity contribution in [1.82, 2.24) is 9.97 Å². The van der Waals surface area contributed by atoms with Gasteiger partial charge in [-0.05, 0) is 81.8 Å². The molecule has 0 N–H and O–H groups in total. The van der Waals surface area contributed by atoms with Crippen molar-refractivity contribution >= 4 is 20.9 Å². The second-order valence-corrected chi connectivity index (χ2v) is 16.6. The minimum atomic E-state index is -1.17. The van der Waals surface area contributed by atoms with Crippen molar-refractivity contribution in [3.8, 4) is 67.2 Å². The molecule has 0 aliphatic carbocycles. The van der Waals surface area contributed by atoms with Crippen molar-refractivity contribution in [3.63, 3.8) is 0 Å². The van der Waals surface area contributed by atoms with Crippen LogP contribution in [0.3, 0.4) is 0 Å². The van der Waals surface area contributed by atoms with E-state index < -0.39 is 10.0 Å². The first-order chi connectivity index (χ1) is 25.0. The highest BCUT2D eigenvalue weighted by Crippen LogP contribution is 2.68. The van der Waals surface area contributed by atoms with Crippen molar-refractivity contribution in [1.29, 1.82) is 0 Å². The van der Waals surface area contributed by atoms with Crippen LogP contribution < -0.4 is 0 Å². The van der Waals surface area contributed by atoms with E-state index in [0.29, 0.717) is 0 Å². The predicted octanol–water partition coefficient (Wildman–Crippen LogP) is 13.5. The molecule has 7 aromatic carbocycles. The van der Waals surface area contributed by atoms with Crippen LogP contribution >= 0.6 is 10.0 Å². The monoisotopic (exact) mass is 676 g/mol. The number of hydrogen-bond acceptors (Lipinski definition) is 2. The summed E-state index contributed by atoms with van der Waals surface area (Å²) in [6.07, 6.45) is 4.82. The van der Waals surface area contributed by atoms with Crippen LogP contribution in [-0.4, -0.2) is 22.5 Å². The molecule has 1 aliphatic heterocycles. The normalized spacial score (nSPS) is 13.1. The fourth-order valence-electron chi connectivity index (χ4n) is 7.27. The number of fused-ring (bicyclic) bond motifs is 5. The SMILES string of the molecule is CC.CS1(C)c2ccccc2-c2c1ccc1nc(-c3ccccc3)nc(-c3cccc(-c4cccc(-c5ccc(-c6ccccc6)cc5)c4)c3)c21. The molecule has 0 unspecified atom stereocenters. The highest BCUT2D eigenvalue weighted by molar-refractivity contribution is 8.33. The first-order valence-electron chi connectivity index (χ1n) is 17.6. The Morgan fingerprint density at radius 1 is 0.392 bits per heavy atom. The summed E-state index contributed by atoms with van der Waals surface area (Å²) in [7, 11) is -1.17. The predicted molar refractivity (Wildman–Crippen MR) is 219 cm³/mol. The Balaban J connectivity index is 0.00000184. The summed E-state index contributed by atoms with van der Waals surface area (Å²) in [5.41, 5.74) is 13.8. The quantitative estimate of drug-likeness (QED) is 0.181. The van der Waals surface area contributed by atoms with Gasteiger partial charge >= 0.3 is 0 Å². The van der Waals surface area contributed by atoms with Crippen LogP contribution in [0.25, 0.3) is 78.1 Å². The Labute approximate surface area is 302 Å². The van der Waals surface area contributed by atoms with E-state index in [2.05, 4.69) is 176 Å². The lowest BCUT2D eigenvalue weighted by atomic mass is 9.94. The average Bonchev–Trinajstić information content (AvgIpc) is 3.45. The molecule has 0 spiro atoms. The van der Waals surface area contributed by atoms with Crippen molar-refractivity contribution in [2.24, 2.45) is 0 Å². The maximum Gasteiger partial charge on any atom is 0.160 e. The molecule has 2 heterocycles. The fourth-order valence-corrected chi connectivity index (χ4v) is 9.78. The van der Waals surface area contributed by atoms with Gasteiger partial charge in [0.25, 0.3) is 0 Å². The Bertz CT molecular complexity index is 2500. The lowest BCUT2D eigenvalue weighted by molar-refractivity contribution is 1.22. The molecule has 8 aromatic rings. The highest BCUT2D eigenvalue weighted by Gasteiger charge is 2.34. The van der Waals surface area contributed by atoms with Crippen molar-refractivity contribution in [2.75, 3.05) is 12.5 Å². The number of nitrogens with zero attached hydrogens (tertiary/aromatic N) is 2. The molecule has 9 rings (SSSR count). The van der Waals surface area contributed by atoms with Crippen LogP contribution in [0.5, 0.6) is 0 Å². The molecule has 0 saturated carbocycles. The van der Waals surface area contributed by atoms with E-state index in [1.54, 1.807) is 0 Å². The Morgan fingerprint density at radius 3 is 1.55 bits per heavy atom. The number of benzene rings is 7. The topological polar surface area (TPSA) is 25.8 Å². The van der Waals surface area contributed by atoms with Crippen molar-refractivity contribution in [3.05, 3.63) is 170 Å². The summed E-state index contributed by atoms with van der Waals surface area (Å²) < 4.78 is 0. The van der Waals surface area contributed by atoms with Gasteiger partial charge in [-0.1, -0.05) is 153 Å². The maximum absolute atomic E-state index is 5.37. The van der Waals surface area contributed by atoms with Gasteiger partial charge in [-0.2, -0.15) is 10.0 Å². The van der Waals surface area contributed by atoms with Gasteiger partial charge in [0.2, 0.25) is 0 Å². The summed E-state index contributed by atoms with van der Waals surface area (Å²) in [6.45, 7) is 4.00. The van der Waals surface area contributed by atoms with Crippen LogP contribution in [0.4, 0.5) is 0 Å². The second-order valence-electron chi connectivity index (χ2n) is 13.0. The van der Waals surface area contributed by atoms with E-state index in [1.165, 1.54) is 48.7 Å². The number of aromatic nitrogens is 2. The Hall–Kier alpha value is -5.77. The van der Waals surface area contributed by atoms with Crippen LogP contribution in [0.15, 0.2) is 180 Å². The van der Waals surface area contributed by atoms with Crippen LogP contribution in [-0.2, 0) is 0 Å². The van der Waals surface area contributed by atoms with Gasteiger partial charge in [0.1, 0.15) is 0 Å². The van der Waals surface area contributed by atoms with Crippen LogP contribution in [0.2, 0.25) is 0 Å². The minimum absolute atomic E-state index is 0.743. The molecule has 51 heavy (non-hydrogen) atoms. The zero-order valence-electron chi connectivity index (χ0n) is 29.5. The molecule has 248 valence electrons. The third kappa shape index (κ3) is 5.84. The molecule has 3 heteroatoms. The first kappa shape index (κ1) is 32.4. The van der Waals surface area contributed by atoms with Gasteiger partial charge in [-0.25, -0.2) is 9.97 Å². The van der Waals surface area contributed by atoms with Gasteiger partial charge in [-0.15, -0.1) is 0 Å². The molecule has 0 bridgehead atoms. The van der Waals surface area contributed by atoms with E-state index in [-0.39, 0.29) is 0 Å². The highest BCUT2D eigenvalue weighted by atomic mass is 32.3. The average molecular weight is 677 g/mol. The number of rotatable bonds is 5. The summed E-state index contributed by atoms with van der Waals surface area (Å²) in [5, 5.41) is 1.13. The minimum Gasteiger partial charge on any atom is -0.228 e. The molecule has 2 nitrogen and oxygen atoms in total. The summed E-state index contributed by atoms with van der Waals surface area (Å²) in [4.78, 5) is 13.4. The second kappa shape index (κ2) is 13.5. The largest absolute Gasteiger partial charge is 0.228 e. The summed E-state index contributed by atoms with van der Waals surface area (Å²) in [5.74, 6) is 0.743. The number of hydrogen-bond donors (Lipinski definition) is 0. The first-order valence-corrected chi connectivity index (χ1v) is 20.1. The van der Waals surface area contributed by atoms with E-state index in [4.69, 9.17) is 9.97 Å². The van der Waals surface area contributed by atoms with Gasteiger partial charge in [-0.3, -0.25) is 0 Å². The fraction of sp³-hybridized carbons (Fsp3) is 0.0833. The smallest absolute Gasteiger partial charge is 0.160 e. The zero-order valence-corrected chi connectivity index (χ0v) is 30.3. The zero-order chi connectivity index (χ0) is 35.0. The third-order valence-corrected chi connectivity index (χ3v) is 12.7. The molecule has 0 saturated heterocycles. The van der Waals surface area contributed by atoms with E-state index in [0.717, 1.165) is 39.1 Å². The lowest BCUT2D eigenvalue weighted by Crippen LogP contribution is -1.98. The Kier molecular flexibility index (Phi) is 8.59. The molecule has 0 atom stereocenters. The molecule has 0 amide bonds. The van der Waals surface area contributed by atoms with E-state index >= 15 is 0 Å². The van der Waals surface area contributed by atoms with E-state index in [9.17, 15) is 0 Å². The van der Waals surface area contributed by atoms with Crippen molar-refractivity contribution < 1.29 is 0 Å². The molecule has 1 aliphatic rings. The van der Waals surface area contributed by atoms with Crippen LogP contribution in [0.1, 0.15) is 13.8 Å². The molecule has 0 radical (unpaired) electrons.